The minimum atomic E-state index is -3.33. The number of alkyl halides is 1. The maximum atomic E-state index is 10.2. The summed E-state index contributed by atoms with van der Waals surface area (Å²) in [5.41, 5.74) is 0. The quantitative estimate of drug-likeness (QED) is 0.479. The Kier molecular flexibility index (Phi) is 4.37. The Bertz CT molecular complexity index is 155. The molecule has 0 aliphatic heterocycles. The highest BCUT2D eigenvalue weighted by atomic mass is 79.9. The zero-order valence-electron chi connectivity index (χ0n) is 4.80. The summed E-state index contributed by atoms with van der Waals surface area (Å²) < 4.78 is 20.4. The third-order valence-corrected chi connectivity index (χ3v) is 1.58. The highest BCUT2D eigenvalue weighted by Crippen LogP contribution is 1.75. The normalized spacial score (nSPS) is 11.8. The maximum absolute atomic E-state index is 10.2. The molecule has 4 nitrogen and oxygen atoms in total. The molecule has 0 heterocycles. The first kappa shape index (κ1) is 9.35. The molecule has 0 amide bonds. The first-order valence-corrected chi connectivity index (χ1v) is 5.17. The van der Waals surface area contributed by atoms with Gasteiger partial charge in [-0.25, -0.2) is 13.6 Å². The minimum absolute atomic E-state index is 0.154. The Morgan fingerprint density at radius 3 is 2.44 bits per heavy atom. The van der Waals surface area contributed by atoms with Crippen molar-refractivity contribution in [1.82, 2.24) is 5.32 Å². The lowest BCUT2D eigenvalue weighted by Gasteiger charge is -1.97. The number of hydrogen-bond acceptors (Lipinski definition) is 3. The summed E-state index contributed by atoms with van der Waals surface area (Å²) in [6, 6.07) is 0. The van der Waals surface area contributed by atoms with Crippen LogP contribution in [0.1, 0.15) is 0 Å². The van der Waals surface area contributed by atoms with E-state index in [1.807, 2.05) is 0 Å². The largest absolute Gasteiger partial charge is 0.302 e. The second-order valence-corrected chi connectivity index (χ2v) is 3.90. The average molecular weight is 217 g/mol. The average Bonchev–Trinajstić information content (AvgIpc) is 1.63. The third-order valence-electron chi connectivity index (χ3n) is 0.575. The van der Waals surface area contributed by atoms with Crippen LogP contribution in [0.2, 0.25) is 0 Å². The van der Waals surface area contributed by atoms with E-state index in [1.165, 1.54) is 0 Å². The van der Waals surface area contributed by atoms with Gasteiger partial charge in [-0.1, -0.05) is 15.9 Å². The molecule has 0 saturated heterocycles. The lowest BCUT2D eigenvalue weighted by molar-refractivity contribution is 0.590. The van der Waals surface area contributed by atoms with E-state index >= 15 is 0 Å². The Balaban J connectivity index is 3.30. The monoisotopic (exact) mass is 216 g/mol. The van der Waals surface area contributed by atoms with Crippen molar-refractivity contribution in [2.75, 3.05) is 17.8 Å². The molecule has 0 aliphatic rings. The fourth-order valence-corrected chi connectivity index (χ4v) is 0.990. The van der Waals surface area contributed by atoms with Crippen LogP contribution in [0, 0.1) is 0 Å². The van der Waals surface area contributed by atoms with Crippen LogP contribution in [0.5, 0.6) is 0 Å². The fourth-order valence-electron chi connectivity index (χ4n) is 0.281. The van der Waals surface area contributed by atoms with Gasteiger partial charge in [0, 0.05) is 11.9 Å². The number of hydrogen-bond donors (Lipinski definition) is 2. The molecule has 0 spiro atoms. The molecule has 0 bridgehead atoms. The summed E-state index contributed by atoms with van der Waals surface area (Å²) in [7, 11) is -3.33. The zero-order valence-corrected chi connectivity index (χ0v) is 7.20. The maximum Gasteiger partial charge on any atom is 0.222 e. The minimum Gasteiger partial charge on any atom is -0.302 e. The van der Waals surface area contributed by atoms with Crippen molar-refractivity contribution in [1.29, 1.82) is 0 Å². The molecule has 0 aromatic rings. The van der Waals surface area contributed by atoms with Crippen molar-refractivity contribution >= 4 is 26.0 Å². The molecule has 0 unspecified atom stereocenters. The summed E-state index contributed by atoms with van der Waals surface area (Å²) in [6.07, 6.45) is 0. The number of sulfonamides is 1. The molecule has 0 aromatic heterocycles. The second-order valence-electron chi connectivity index (χ2n) is 1.50. The summed E-state index contributed by atoms with van der Waals surface area (Å²) in [4.78, 5) is 0. The van der Waals surface area contributed by atoms with Gasteiger partial charge in [-0.3, -0.25) is 0 Å². The third kappa shape index (κ3) is 8.35. The topological polar surface area (TPSA) is 72.2 Å². The van der Waals surface area contributed by atoms with E-state index in [2.05, 4.69) is 26.4 Å². The predicted octanol–water partition coefficient (Wildman–Crippen LogP) is -0.783. The van der Waals surface area contributed by atoms with Gasteiger partial charge in [-0.05, 0) is 0 Å². The molecular weight excluding hydrogens is 208 g/mol. The highest BCUT2D eigenvalue weighted by Gasteiger charge is 1.98. The van der Waals surface area contributed by atoms with Crippen LogP contribution in [0.25, 0.3) is 0 Å². The SMILES string of the molecule is NS(=O)(=O)CNCCBr. The van der Waals surface area contributed by atoms with Crippen LogP contribution in [0.15, 0.2) is 0 Å². The Labute approximate surface area is 63.0 Å². The molecule has 0 aromatic carbocycles. The van der Waals surface area contributed by atoms with Crippen molar-refractivity contribution in [3.63, 3.8) is 0 Å². The highest BCUT2D eigenvalue weighted by molar-refractivity contribution is 9.09. The number of halogens is 1. The van der Waals surface area contributed by atoms with Crippen LogP contribution < -0.4 is 10.5 Å². The molecular formula is C3H9BrN2O2S. The van der Waals surface area contributed by atoms with E-state index in [0.29, 0.717) is 6.54 Å². The van der Waals surface area contributed by atoms with Crippen LogP contribution in [0.4, 0.5) is 0 Å². The fraction of sp³-hybridized carbons (Fsp3) is 1.00. The molecule has 0 saturated carbocycles. The molecule has 0 fully saturated rings. The number of nitrogens with one attached hydrogen (secondary N) is 1. The van der Waals surface area contributed by atoms with Crippen LogP contribution in [-0.2, 0) is 10.0 Å². The van der Waals surface area contributed by atoms with Crippen LogP contribution in [0.3, 0.4) is 0 Å². The zero-order chi connectivity index (χ0) is 7.33. The van der Waals surface area contributed by atoms with Crippen molar-refractivity contribution in [3.8, 4) is 0 Å². The van der Waals surface area contributed by atoms with Gasteiger partial charge < -0.3 is 5.32 Å². The van der Waals surface area contributed by atoms with Crippen molar-refractivity contribution in [3.05, 3.63) is 0 Å². The van der Waals surface area contributed by atoms with E-state index in [0.717, 1.165) is 5.33 Å². The van der Waals surface area contributed by atoms with Crippen molar-refractivity contribution in [2.24, 2.45) is 5.14 Å². The van der Waals surface area contributed by atoms with E-state index in [-0.39, 0.29) is 5.88 Å². The summed E-state index contributed by atoms with van der Waals surface area (Å²) in [5, 5.41) is 8.01. The van der Waals surface area contributed by atoms with Gasteiger partial charge in [0.15, 0.2) is 0 Å². The van der Waals surface area contributed by atoms with Gasteiger partial charge in [0.25, 0.3) is 0 Å². The first-order chi connectivity index (χ1) is 4.06. The Morgan fingerprint density at radius 2 is 2.11 bits per heavy atom. The molecule has 0 radical (unpaired) electrons. The van der Waals surface area contributed by atoms with E-state index in [1.54, 1.807) is 0 Å². The van der Waals surface area contributed by atoms with E-state index in [4.69, 9.17) is 0 Å². The molecule has 56 valence electrons. The number of primary sulfonamides is 1. The summed E-state index contributed by atoms with van der Waals surface area (Å²) >= 11 is 3.12. The van der Waals surface area contributed by atoms with Gasteiger partial charge in [-0.2, -0.15) is 0 Å². The molecule has 0 aliphatic carbocycles. The number of rotatable bonds is 4. The van der Waals surface area contributed by atoms with E-state index < -0.39 is 10.0 Å². The van der Waals surface area contributed by atoms with Gasteiger partial charge in [0.1, 0.15) is 5.88 Å². The summed E-state index contributed by atoms with van der Waals surface area (Å²) in [5.74, 6) is -0.154. The van der Waals surface area contributed by atoms with Crippen LogP contribution in [-0.4, -0.2) is 26.2 Å². The molecule has 6 heteroatoms. The lowest BCUT2D eigenvalue weighted by Crippen LogP contribution is -2.29. The predicted molar refractivity (Wildman–Crippen MR) is 39.8 cm³/mol. The van der Waals surface area contributed by atoms with Crippen molar-refractivity contribution in [2.45, 2.75) is 0 Å². The summed E-state index contributed by atoms with van der Waals surface area (Å²) in [6.45, 7) is 0.608. The van der Waals surface area contributed by atoms with Gasteiger partial charge in [0.05, 0.1) is 0 Å². The van der Waals surface area contributed by atoms with Gasteiger partial charge >= 0.3 is 0 Å². The Morgan fingerprint density at radius 1 is 1.56 bits per heavy atom. The molecule has 9 heavy (non-hydrogen) atoms. The second kappa shape index (κ2) is 4.21. The van der Waals surface area contributed by atoms with Gasteiger partial charge in [0.2, 0.25) is 10.0 Å². The lowest BCUT2D eigenvalue weighted by atomic mass is 10.8. The van der Waals surface area contributed by atoms with E-state index in [9.17, 15) is 8.42 Å². The van der Waals surface area contributed by atoms with Crippen molar-refractivity contribution < 1.29 is 8.42 Å². The Hall–Kier alpha value is 0.350. The first-order valence-electron chi connectivity index (χ1n) is 2.33. The number of nitrogens with two attached hydrogens (primary N) is 1. The van der Waals surface area contributed by atoms with Gasteiger partial charge in [-0.15, -0.1) is 0 Å². The molecule has 3 N–H and O–H groups in total. The standard InChI is InChI=1S/C3H9BrN2O2S/c4-1-2-6-3-9(5,7)8/h6H,1-3H2,(H2,5,7,8). The molecule has 0 atom stereocenters. The molecule has 0 rings (SSSR count). The van der Waals surface area contributed by atoms with Crippen LogP contribution >= 0.6 is 15.9 Å². The smallest absolute Gasteiger partial charge is 0.222 e.